The first kappa shape index (κ1) is 24.6. The van der Waals surface area contributed by atoms with Gasteiger partial charge in [-0.25, -0.2) is 9.97 Å². The van der Waals surface area contributed by atoms with Crippen molar-refractivity contribution in [2.24, 2.45) is 5.73 Å². The first-order valence-electron chi connectivity index (χ1n) is 10.7. The molecule has 10 nitrogen and oxygen atoms in total. The number of hydrogen-bond acceptors (Lipinski definition) is 7. The predicted molar refractivity (Wildman–Crippen MR) is 121 cm³/mol. The molecule has 0 bridgehead atoms. The number of halogens is 3. The van der Waals surface area contributed by atoms with Gasteiger partial charge in [0.05, 0.1) is 40.9 Å². The maximum atomic E-state index is 13.4. The molecule has 0 atom stereocenters. The van der Waals surface area contributed by atoms with Crippen LogP contribution in [0.5, 0.6) is 0 Å². The van der Waals surface area contributed by atoms with Gasteiger partial charge in [-0.15, -0.1) is 0 Å². The summed E-state index contributed by atoms with van der Waals surface area (Å²) in [6.45, 7) is 0.0479. The van der Waals surface area contributed by atoms with Crippen molar-refractivity contribution in [2.75, 3.05) is 5.32 Å². The van der Waals surface area contributed by atoms with Gasteiger partial charge in [0.25, 0.3) is 5.91 Å². The molecule has 3 amide bonds. The molecule has 0 saturated heterocycles. The molecule has 1 aliphatic carbocycles. The van der Waals surface area contributed by atoms with Crippen molar-refractivity contribution in [3.8, 4) is 0 Å². The number of pyridine rings is 1. The summed E-state index contributed by atoms with van der Waals surface area (Å²) in [5.74, 6) is -1.80. The molecule has 0 aliphatic heterocycles. The molecule has 13 heteroatoms. The number of carbonyl (C=O) groups is 3. The molecule has 0 radical (unpaired) electrons. The number of hydrogen-bond donors (Lipinski definition) is 4. The fraction of sp³-hybridized carbons (Fsp3) is 0.217. The molecule has 5 N–H and O–H groups in total. The maximum absolute atomic E-state index is 13.4. The van der Waals surface area contributed by atoms with Crippen LogP contribution in [0.3, 0.4) is 0 Å². The fourth-order valence-corrected chi connectivity index (χ4v) is 3.38. The lowest BCUT2D eigenvalue weighted by Gasteiger charge is -2.17. The highest BCUT2D eigenvalue weighted by Crippen LogP contribution is 2.37. The van der Waals surface area contributed by atoms with Crippen molar-refractivity contribution in [2.45, 2.75) is 31.1 Å². The van der Waals surface area contributed by atoms with Gasteiger partial charge in [-0.2, -0.15) is 13.2 Å². The van der Waals surface area contributed by atoms with Crippen molar-refractivity contribution in [1.82, 2.24) is 25.6 Å². The van der Waals surface area contributed by atoms with Gasteiger partial charge >= 0.3 is 6.18 Å². The first-order valence-corrected chi connectivity index (χ1v) is 10.7. The average Bonchev–Trinajstić information content (AvgIpc) is 3.64. The summed E-state index contributed by atoms with van der Waals surface area (Å²) in [5.41, 5.74) is 3.43. The third-order valence-corrected chi connectivity index (χ3v) is 5.50. The molecule has 0 unspecified atom stereocenters. The van der Waals surface area contributed by atoms with Crippen molar-refractivity contribution < 1.29 is 27.6 Å². The van der Waals surface area contributed by atoms with Gasteiger partial charge in [-0.1, -0.05) is 0 Å². The van der Waals surface area contributed by atoms with E-state index in [1.165, 1.54) is 43.1 Å². The molecular formula is C23H20F3N7O3. The number of amides is 3. The normalized spacial score (nSPS) is 14.0. The Hall–Kier alpha value is -4.55. The largest absolute Gasteiger partial charge is 0.418 e. The third kappa shape index (κ3) is 5.56. The Morgan fingerprint density at radius 2 is 1.72 bits per heavy atom. The Kier molecular flexibility index (Phi) is 6.55. The monoisotopic (exact) mass is 499 g/mol. The highest BCUT2D eigenvalue weighted by molar-refractivity contribution is 6.00. The predicted octanol–water partition coefficient (Wildman–Crippen LogP) is 2.31. The van der Waals surface area contributed by atoms with Crippen molar-refractivity contribution in [3.63, 3.8) is 0 Å². The van der Waals surface area contributed by atoms with Crippen LogP contribution in [0.2, 0.25) is 0 Å². The van der Waals surface area contributed by atoms with E-state index in [0.29, 0.717) is 24.6 Å². The van der Waals surface area contributed by atoms with Gasteiger partial charge in [0.15, 0.2) is 0 Å². The van der Waals surface area contributed by atoms with Gasteiger partial charge in [0.2, 0.25) is 11.8 Å². The maximum Gasteiger partial charge on any atom is 0.418 e. The van der Waals surface area contributed by atoms with E-state index >= 15 is 0 Å². The number of nitrogens with one attached hydrogen (secondary N) is 3. The SMILES string of the molecule is NC(=O)c1ccc(Nc2ccc(CNC(=O)C3(NC(=O)c4cncnc4)CC3)nc2)c(C(F)(F)F)c1. The van der Waals surface area contributed by atoms with Gasteiger partial charge in [-0.3, -0.25) is 19.4 Å². The molecule has 4 rings (SSSR count). The van der Waals surface area contributed by atoms with Crippen LogP contribution >= 0.6 is 0 Å². The zero-order valence-electron chi connectivity index (χ0n) is 18.6. The van der Waals surface area contributed by atoms with Crippen LogP contribution in [0.25, 0.3) is 0 Å². The molecule has 2 heterocycles. The average molecular weight is 499 g/mol. The minimum absolute atomic E-state index is 0.0479. The van der Waals surface area contributed by atoms with E-state index in [4.69, 9.17) is 5.73 Å². The highest BCUT2D eigenvalue weighted by atomic mass is 19.4. The molecule has 2 aromatic heterocycles. The fourth-order valence-electron chi connectivity index (χ4n) is 3.38. The van der Waals surface area contributed by atoms with E-state index in [1.807, 2.05) is 0 Å². The molecule has 3 aromatic rings. The Morgan fingerprint density at radius 1 is 1.00 bits per heavy atom. The number of alkyl halides is 3. The van der Waals surface area contributed by atoms with Crippen LogP contribution in [0.4, 0.5) is 24.5 Å². The van der Waals surface area contributed by atoms with Crippen molar-refractivity contribution in [1.29, 1.82) is 0 Å². The Bertz CT molecular complexity index is 1290. The molecule has 1 saturated carbocycles. The number of anilines is 2. The van der Waals surface area contributed by atoms with E-state index in [1.54, 1.807) is 0 Å². The molecular weight excluding hydrogens is 479 g/mol. The van der Waals surface area contributed by atoms with Crippen LogP contribution < -0.4 is 21.7 Å². The summed E-state index contributed by atoms with van der Waals surface area (Å²) >= 11 is 0. The quantitative estimate of drug-likeness (QED) is 0.371. The van der Waals surface area contributed by atoms with E-state index < -0.39 is 29.1 Å². The zero-order chi connectivity index (χ0) is 25.9. The summed E-state index contributed by atoms with van der Waals surface area (Å²) < 4.78 is 40.3. The number of nitrogens with two attached hydrogens (primary N) is 1. The minimum atomic E-state index is -4.72. The Morgan fingerprint density at radius 3 is 2.31 bits per heavy atom. The number of primary amides is 1. The lowest BCUT2D eigenvalue weighted by molar-refractivity contribution is -0.137. The molecule has 1 aromatic carbocycles. The second-order valence-corrected chi connectivity index (χ2v) is 8.13. The van der Waals surface area contributed by atoms with Gasteiger partial charge < -0.3 is 21.7 Å². The summed E-state index contributed by atoms with van der Waals surface area (Å²) in [6, 6.07) is 6.02. The molecule has 36 heavy (non-hydrogen) atoms. The van der Waals surface area contributed by atoms with Crippen LogP contribution in [0.1, 0.15) is 44.8 Å². The molecule has 186 valence electrons. The van der Waals surface area contributed by atoms with E-state index in [2.05, 4.69) is 30.9 Å². The zero-order valence-corrected chi connectivity index (χ0v) is 18.6. The van der Waals surface area contributed by atoms with Gasteiger partial charge in [0.1, 0.15) is 11.9 Å². The molecule has 0 spiro atoms. The van der Waals surface area contributed by atoms with Gasteiger partial charge in [-0.05, 0) is 43.2 Å². The van der Waals surface area contributed by atoms with Crippen LogP contribution in [-0.2, 0) is 17.5 Å². The van der Waals surface area contributed by atoms with Crippen molar-refractivity contribution in [3.05, 3.63) is 77.6 Å². The first-order chi connectivity index (χ1) is 17.1. The number of aromatic nitrogens is 3. The molecule has 1 aliphatic rings. The number of rotatable bonds is 8. The van der Waals surface area contributed by atoms with Crippen LogP contribution in [0.15, 0.2) is 55.2 Å². The van der Waals surface area contributed by atoms with Gasteiger partial charge in [0, 0.05) is 18.0 Å². The Balaban J connectivity index is 1.37. The standard InChI is InChI=1S/C23H20F3N7O3/c24-23(25,26)17-7-13(19(27)34)1-4-18(17)32-16-3-2-15(30-11-16)10-31-21(36)22(5-6-22)33-20(35)14-8-28-12-29-9-14/h1-4,7-9,11-12,32H,5-6,10H2,(H2,27,34)(H,31,36)(H,33,35). The van der Waals surface area contributed by atoms with Crippen LogP contribution in [0, 0.1) is 0 Å². The topological polar surface area (TPSA) is 152 Å². The van der Waals surface area contributed by atoms with E-state index in [-0.39, 0.29) is 35.0 Å². The second kappa shape index (κ2) is 9.60. The highest BCUT2D eigenvalue weighted by Gasteiger charge is 2.51. The third-order valence-electron chi connectivity index (χ3n) is 5.50. The van der Waals surface area contributed by atoms with E-state index in [0.717, 1.165) is 6.07 Å². The number of benzene rings is 1. The summed E-state index contributed by atoms with van der Waals surface area (Å²) in [4.78, 5) is 47.9. The minimum Gasteiger partial charge on any atom is -0.366 e. The second-order valence-electron chi connectivity index (χ2n) is 8.13. The number of carbonyl (C=O) groups excluding carboxylic acids is 3. The summed E-state index contributed by atoms with van der Waals surface area (Å²) in [6.07, 6.45) is 1.54. The van der Waals surface area contributed by atoms with E-state index in [9.17, 15) is 27.6 Å². The lowest BCUT2D eigenvalue weighted by atomic mass is 10.1. The van der Waals surface area contributed by atoms with Crippen molar-refractivity contribution >= 4 is 29.1 Å². The summed E-state index contributed by atoms with van der Waals surface area (Å²) in [7, 11) is 0. The van der Waals surface area contributed by atoms with Crippen LogP contribution in [-0.4, -0.2) is 38.2 Å². The lowest BCUT2D eigenvalue weighted by Crippen LogP contribution is -2.48. The number of nitrogens with zero attached hydrogens (tertiary/aromatic N) is 3. The molecule has 1 fully saturated rings. The smallest absolute Gasteiger partial charge is 0.366 e. The Labute approximate surface area is 202 Å². The summed E-state index contributed by atoms with van der Waals surface area (Å²) in [5, 5.41) is 8.04.